The molecule has 5 rings (SSSR count). The van der Waals surface area contributed by atoms with Gasteiger partial charge in [0.2, 0.25) is 0 Å². The highest BCUT2D eigenvalue weighted by atomic mass is 16.6. The highest BCUT2D eigenvalue weighted by molar-refractivity contribution is 6.14. The highest BCUT2D eigenvalue weighted by Gasteiger charge is 2.57. The number of benzene rings is 1. The zero-order chi connectivity index (χ0) is 18.7. The molecule has 5 atom stereocenters. The summed E-state index contributed by atoms with van der Waals surface area (Å²) in [5.74, 6) is 0.00553. The van der Waals surface area contributed by atoms with Crippen LogP contribution in [0.15, 0.2) is 53.6 Å². The van der Waals surface area contributed by atoms with Crippen LogP contribution in [-0.2, 0) is 20.7 Å². The van der Waals surface area contributed by atoms with Gasteiger partial charge in [0.15, 0.2) is 5.78 Å². The molecule has 0 radical (unpaired) electrons. The molecule has 4 aliphatic rings. The van der Waals surface area contributed by atoms with Gasteiger partial charge >= 0.3 is 6.09 Å². The maximum Gasteiger partial charge on any atom is 0.417 e. The van der Waals surface area contributed by atoms with Crippen LogP contribution in [0.1, 0.15) is 18.9 Å². The van der Waals surface area contributed by atoms with Crippen molar-refractivity contribution >= 4 is 17.8 Å². The summed E-state index contributed by atoms with van der Waals surface area (Å²) in [4.78, 5) is 39.8. The van der Waals surface area contributed by atoms with E-state index in [2.05, 4.69) is 12.2 Å². The van der Waals surface area contributed by atoms with E-state index in [1.54, 1.807) is 6.92 Å². The van der Waals surface area contributed by atoms with Crippen molar-refractivity contribution in [3.63, 3.8) is 0 Å². The van der Waals surface area contributed by atoms with E-state index in [1.165, 1.54) is 4.90 Å². The third kappa shape index (κ3) is 2.34. The zero-order valence-corrected chi connectivity index (χ0v) is 15.1. The van der Waals surface area contributed by atoms with E-state index in [1.807, 2.05) is 30.3 Å². The Hall–Kier alpha value is -2.69. The van der Waals surface area contributed by atoms with Gasteiger partial charge in [-0.05, 0) is 37.2 Å². The first-order chi connectivity index (χ1) is 13.1. The number of rotatable bonds is 3. The number of ketones is 1. The summed E-state index contributed by atoms with van der Waals surface area (Å²) in [5, 5.41) is 0. The first kappa shape index (κ1) is 16.5. The van der Waals surface area contributed by atoms with Crippen LogP contribution in [-0.4, -0.2) is 35.3 Å². The van der Waals surface area contributed by atoms with Gasteiger partial charge in [0.25, 0.3) is 5.91 Å². The fourth-order valence-corrected chi connectivity index (χ4v) is 5.38. The number of imide groups is 1. The van der Waals surface area contributed by atoms with Gasteiger partial charge in [0.1, 0.15) is 6.61 Å². The molecule has 0 N–H and O–H groups in total. The predicted octanol–water partition coefficient (Wildman–Crippen LogP) is 2.91. The van der Waals surface area contributed by atoms with E-state index >= 15 is 0 Å². The van der Waals surface area contributed by atoms with Crippen molar-refractivity contribution < 1.29 is 19.1 Å². The Morgan fingerprint density at radius 2 is 1.81 bits per heavy atom. The molecular weight excluding hydrogens is 342 g/mol. The molecular formula is C22H21NO4. The number of nitrogens with zero attached hydrogens (tertiary/aromatic N) is 1. The van der Waals surface area contributed by atoms with Gasteiger partial charge in [-0.25, -0.2) is 9.69 Å². The molecule has 5 nitrogen and oxygen atoms in total. The first-order valence-electron chi connectivity index (χ1n) is 9.54. The summed E-state index contributed by atoms with van der Waals surface area (Å²) < 4.78 is 5.21. The molecule has 0 aromatic heterocycles. The Morgan fingerprint density at radius 1 is 1.11 bits per heavy atom. The lowest BCUT2D eigenvalue weighted by molar-refractivity contribution is -0.125. The van der Waals surface area contributed by atoms with Gasteiger partial charge in [-0.2, -0.15) is 0 Å². The summed E-state index contributed by atoms with van der Waals surface area (Å²) in [6.07, 6.45) is 5.14. The quantitative estimate of drug-likeness (QED) is 0.775. The average Bonchev–Trinajstić information content (AvgIpc) is 3.41. The lowest BCUT2D eigenvalue weighted by atomic mass is 9.81. The van der Waals surface area contributed by atoms with Crippen molar-refractivity contribution in [3.05, 3.63) is 59.2 Å². The lowest BCUT2D eigenvalue weighted by Crippen LogP contribution is -2.42. The van der Waals surface area contributed by atoms with Crippen molar-refractivity contribution in [2.24, 2.45) is 23.7 Å². The molecule has 138 valence electrons. The number of cyclic esters (lactones) is 1. The number of ether oxygens (including phenoxy) is 1. The molecule has 1 aromatic carbocycles. The topological polar surface area (TPSA) is 63.7 Å². The third-order valence-corrected chi connectivity index (χ3v) is 6.59. The van der Waals surface area contributed by atoms with Crippen molar-refractivity contribution in [2.45, 2.75) is 25.8 Å². The molecule has 5 heteroatoms. The number of amides is 2. The van der Waals surface area contributed by atoms with Crippen molar-refractivity contribution in [3.8, 4) is 0 Å². The maximum absolute atomic E-state index is 13.4. The van der Waals surface area contributed by atoms with E-state index in [4.69, 9.17) is 4.74 Å². The maximum atomic E-state index is 13.4. The van der Waals surface area contributed by atoms with Crippen LogP contribution in [0.4, 0.5) is 4.79 Å². The summed E-state index contributed by atoms with van der Waals surface area (Å²) in [5.41, 5.74) is 2.12. The Morgan fingerprint density at radius 3 is 2.56 bits per heavy atom. The Balaban J connectivity index is 1.46. The Labute approximate surface area is 157 Å². The highest BCUT2D eigenvalue weighted by Crippen LogP contribution is 2.56. The van der Waals surface area contributed by atoms with Gasteiger partial charge in [-0.3, -0.25) is 9.59 Å². The summed E-state index contributed by atoms with van der Waals surface area (Å²) >= 11 is 0. The monoisotopic (exact) mass is 363 g/mol. The van der Waals surface area contributed by atoms with Gasteiger partial charge in [-0.1, -0.05) is 42.5 Å². The van der Waals surface area contributed by atoms with Crippen molar-refractivity contribution in [2.75, 3.05) is 6.61 Å². The number of carbonyl (C=O) groups excluding carboxylic acids is 3. The summed E-state index contributed by atoms with van der Waals surface area (Å²) in [6.45, 7) is 1.93. The fraction of sp³-hybridized carbons (Fsp3) is 0.409. The second kappa shape index (κ2) is 5.91. The predicted molar refractivity (Wildman–Crippen MR) is 97.6 cm³/mol. The van der Waals surface area contributed by atoms with Crippen LogP contribution >= 0.6 is 0 Å². The molecule has 2 bridgehead atoms. The van der Waals surface area contributed by atoms with E-state index in [0.29, 0.717) is 17.6 Å². The second-order valence-corrected chi connectivity index (χ2v) is 8.00. The van der Waals surface area contributed by atoms with E-state index in [9.17, 15) is 14.4 Å². The molecule has 27 heavy (non-hydrogen) atoms. The molecule has 2 amide bonds. The van der Waals surface area contributed by atoms with Crippen LogP contribution in [0.25, 0.3) is 0 Å². The Bertz CT molecular complexity index is 900. The minimum absolute atomic E-state index is 0.0763. The number of carbonyl (C=O) groups is 3. The van der Waals surface area contributed by atoms with Crippen LogP contribution in [0.5, 0.6) is 0 Å². The average molecular weight is 363 g/mol. The Kier molecular flexibility index (Phi) is 3.61. The molecule has 1 saturated heterocycles. The standard InChI is InChI=1S/C22H21NO4/c1-12-17(18-14-7-8-15(10-14)19(18)20(12)24)21(25)23-16(11-27-22(23)26)9-13-5-3-2-4-6-13/h2-8,14-16,18-19H,9-11H2,1H3/t14-,15+,16-,18-,19-/m0/s1. The third-order valence-electron chi connectivity index (χ3n) is 6.59. The van der Waals surface area contributed by atoms with Gasteiger partial charge in [-0.15, -0.1) is 0 Å². The molecule has 1 saturated carbocycles. The number of fused-ring (bicyclic) bond motifs is 5. The lowest BCUT2D eigenvalue weighted by Gasteiger charge is -2.26. The minimum Gasteiger partial charge on any atom is -0.447 e. The molecule has 0 unspecified atom stereocenters. The van der Waals surface area contributed by atoms with Crippen LogP contribution in [0.2, 0.25) is 0 Å². The molecule has 2 fully saturated rings. The van der Waals surface area contributed by atoms with Crippen LogP contribution in [0, 0.1) is 23.7 Å². The van der Waals surface area contributed by atoms with Crippen molar-refractivity contribution in [1.82, 2.24) is 4.90 Å². The van der Waals surface area contributed by atoms with E-state index in [0.717, 1.165) is 12.0 Å². The number of hydrogen-bond donors (Lipinski definition) is 0. The normalized spacial score (nSPS) is 33.8. The van der Waals surface area contributed by atoms with Crippen molar-refractivity contribution in [1.29, 1.82) is 0 Å². The molecule has 3 aliphatic carbocycles. The summed E-state index contributed by atoms with van der Waals surface area (Å²) in [6, 6.07) is 9.43. The number of allylic oxidation sites excluding steroid dienone is 3. The smallest absolute Gasteiger partial charge is 0.417 e. The van der Waals surface area contributed by atoms with E-state index < -0.39 is 6.09 Å². The minimum atomic E-state index is -0.601. The fourth-order valence-electron chi connectivity index (χ4n) is 5.38. The number of hydrogen-bond acceptors (Lipinski definition) is 4. The van der Waals surface area contributed by atoms with Crippen LogP contribution < -0.4 is 0 Å². The molecule has 1 heterocycles. The first-order valence-corrected chi connectivity index (χ1v) is 9.54. The SMILES string of the molecule is CC1=C(C(=O)N2C(=O)OC[C@@H]2Cc2ccccc2)[C@H]2[C@@H](C1=O)[C@@H]1C=C[C@H]2C1. The summed E-state index contributed by atoms with van der Waals surface area (Å²) in [7, 11) is 0. The van der Waals surface area contributed by atoms with Crippen LogP contribution in [0.3, 0.4) is 0 Å². The van der Waals surface area contributed by atoms with Gasteiger partial charge in [0, 0.05) is 23.0 Å². The largest absolute Gasteiger partial charge is 0.447 e. The second-order valence-electron chi connectivity index (χ2n) is 8.00. The zero-order valence-electron chi connectivity index (χ0n) is 15.1. The molecule has 1 aromatic rings. The molecule has 1 aliphatic heterocycles. The van der Waals surface area contributed by atoms with E-state index in [-0.39, 0.29) is 48.0 Å². The molecule has 0 spiro atoms. The van der Waals surface area contributed by atoms with Gasteiger partial charge < -0.3 is 4.74 Å². The number of Topliss-reactive ketones (excluding diaryl/α,β-unsaturated/α-hetero) is 1. The van der Waals surface area contributed by atoms with Gasteiger partial charge in [0.05, 0.1) is 6.04 Å².